The Hall–Kier alpha value is -1.20. The largest absolute Gasteiger partial charge is 0.497 e. The molecule has 1 atom stereocenters. The van der Waals surface area contributed by atoms with Crippen molar-refractivity contribution in [2.24, 2.45) is 0 Å². The molecule has 1 unspecified atom stereocenters. The number of piperazine rings is 1. The predicted molar refractivity (Wildman–Crippen MR) is 61.2 cm³/mol. The highest BCUT2D eigenvalue weighted by Gasteiger charge is 2.26. The maximum atomic E-state index is 13.9. The topological polar surface area (TPSA) is 24.5 Å². The van der Waals surface area contributed by atoms with Gasteiger partial charge < -0.3 is 10.1 Å². The monoisotopic (exact) mass is 242 g/mol. The second-order valence-corrected chi connectivity index (χ2v) is 4.21. The molecule has 1 heterocycles. The second kappa shape index (κ2) is 4.98. The van der Waals surface area contributed by atoms with Gasteiger partial charge in [-0.3, -0.25) is 4.90 Å². The molecule has 0 amide bonds. The van der Waals surface area contributed by atoms with Gasteiger partial charge in [-0.2, -0.15) is 0 Å². The summed E-state index contributed by atoms with van der Waals surface area (Å²) < 4.78 is 32.6. The molecule has 0 aliphatic carbocycles. The van der Waals surface area contributed by atoms with Crippen LogP contribution in [0.2, 0.25) is 0 Å². The Balaban J connectivity index is 2.37. The lowest BCUT2D eigenvalue weighted by Crippen LogP contribution is -2.44. The maximum Gasteiger partial charge on any atom is 0.134 e. The Morgan fingerprint density at radius 3 is 2.53 bits per heavy atom. The number of halogens is 2. The van der Waals surface area contributed by atoms with Gasteiger partial charge in [0.2, 0.25) is 0 Å². The Kier molecular flexibility index (Phi) is 3.59. The van der Waals surface area contributed by atoms with E-state index in [1.165, 1.54) is 19.2 Å². The van der Waals surface area contributed by atoms with E-state index in [1.807, 2.05) is 11.9 Å². The molecule has 0 bridgehead atoms. The molecule has 17 heavy (non-hydrogen) atoms. The zero-order valence-electron chi connectivity index (χ0n) is 9.96. The highest BCUT2D eigenvalue weighted by atomic mass is 19.1. The Morgan fingerprint density at radius 2 is 2.00 bits per heavy atom. The molecule has 1 aliphatic rings. The molecule has 0 saturated carbocycles. The zero-order valence-corrected chi connectivity index (χ0v) is 9.96. The van der Waals surface area contributed by atoms with Crippen LogP contribution in [0.4, 0.5) is 8.78 Å². The van der Waals surface area contributed by atoms with E-state index >= 15 is 0 Å². The highest BCUT2D eigenvalue weighted by Crippen LogP contribution is 2.29. The fraction of sp³-hybridized carbons (Fsp3) is 0.500. The van der Waals surface area contributed by atoms with Crippen LogP contribution in [-0.4, -0.2) is 38.7 Å². The van der Waals surface area contributed by atoms with E-state index in [-0.39, 0.29) is 17.4 Å². The average molecular weight is 242 g/mol. The number of methoxy groups -OCH3 is 1. The number of nitrogens with one attached hydrogen (secondary N) is 1. The average Bonchev–Trinajstić information content (AvgIpc) is 2.30. The molecule has 0 radical (unpaired) electrons. The molecule has 5 heteroatoms. The number of nitrogens with zero attached hydrogens (tertiary/aromatic N) is 1. The minimum Gasteiger partial charge on any atom is -0.497 e. The predicted octanol–water partition coefficient (Wildman–Crippen LogP) is 1.55. The van der Waals surface area contributed by atoms with Crippen molar-refractivity contribution >= 4 is 0 Å². The van der Waals surface area contributed by atoms with Crippen LogP contribution in [0.3, 0.4) is 0 Å². The molecule has 94 valence electrons. The SMILES string of the molecule is COc1cc(F)c(C2CNCCN2C)c(F)c1. The minimum absolute atomic E-state index is 0.112. The van der Waals surface area contributed by atoms with Crippen molar-refractivity contribution in [2.45, 2.75) is 6.04 Å². The van der Waals surface area contributed by atoms with E-state index in [1.54, 1.807) is 0 Å². The van der Waals surface area contributed by atoms with E-state index in [2.05, 4.69) is 5.32 Å². The van der Waals surface area contributed by atoms with Gasteiger partial charge >= 0.3 is 0 Å². The van der Waals surface area contributed by atoms with Gasteiger partial charge in [-0.05, 0) is 7.05 Å². The smallest absolute Gasteiger partial charge is 0.134 e. The summed E-state index contributed by atoms with van der Waals surface area (Å²) in [6, 6.07) is 2.18. The molecule has 1 fully saturated rings. The van der Waals surface area contributed by atoms with Gasteiger partial charge in [0, 0.05) is 37.3 Å². The third-order valence-electron chi connectivity index (χ3n) is 3.13. The maximum absolute atomic E-state index is 13.9. The Morgan fingerprint density at radius 1 is 1.35 bits per heavy atom. The van der Waals surface area contributed by atoms with Crippen LogP contribution in [0.1, 0.15) is 11.6 Å². The van der Waals surface area contributed by atoms with Crippen molar-refractivity contribution in [3.8, 4) is 5.75 Å². The van der Waals surface area contributed by atoms with Crippen molar-refractivity contribution < 1.29 is 13.5 Å². The normalized spacial score (nSPS) is 21.5. The van der Waals surface area contributed by atoms with E-state index in [9.17, 15) is 8.78 Å². The lowest BCUT2D eigenvalue weighted by atomic mass is 10.0. The van der Waals surface area contributed by atoms with E-state index in [0.29, 0.717) is 6.54 Å². The van der Waals surface area contributed by atoms with Gasteiger partial charge in [0.1, 0.15) is 17.4 Å². The first-order chi connectivity index (χ1) is 8.13. The van der Waals surface area contributed by atoms with Gasteiger partial charge in [-0.15, -0.1) is 0 Å². The number of benzene rings is 1. The van der Waals surface area contributed by atoms with Gasteiger partial charge in [0.15, 0.2) is 0 Å². The molecule has 1 aromatic rings. The number of hydrogen-bond donors (Lipinski definition) is 1. The molecule has 3 nitrogen and oxygen atoms in total. The lowest BCUT2D eigenvalue weighted by molar-refractivity contribution is 0.193. The summed E-state index contributed by atoms with van der Waals surface area (Å²) in [7, 11) is 3.26. The second-order valence-electron chi connectivity index (χ2n) is 4.21. The number of likely N-dealkylation sites (N-methyl/N-ethyl adjacent to an activating group) is 1. The molecular weight excluding hydrogens is 226 g/mol. The Bertz CT molecular complexity index is 388. The van der Waals surface area contributed by atoms with Crippen LogP contribution in [0.5, 0.6) is 5.75 Å². The molecule has 0 aromatic heterocycles. The molecule has 0 spiro atoms. The van der Waals surface area contributed by atoms with Crippen LogP contribution >= 0.6 is 0 Å². The fourth-order valence-corrected chi connectivity index (χ4v) is 2.13. The molecular formula is C12H16F2N2O. The molecule has 1 aliphatic heterocycles. The molecule has 1 saturated heterocycles. The van der Waals surface area contributed by atoms with Crippen LogP contribution < -0.4 is 10.1 Å². The lowest BCUT2D eigenvalue weighted by Gasteiger charge is -2.33. The first kappa shape index (κ1) is 12.3. The minimum atomic E-state index is -0.553. The first-order valence-corrected chi connectivity index (χ1v) is 5.57. The van der Waals surface area contributed by atoms with Gasteiger partial charge in [-0.1, -0.05) is 0 Å². The van der Waals surface area contributed by atoms with Crippen LogP contribution in [0.15, 0.2) is 12.1 Å². The van der Waals surface area contributed by atoms with E-state index in [0.717, 1.165) is 13.1 Å². The van der Waals surface area contributed by atoms with Crippen LogP contribution in [-0.2, 0) is 0 Å². The van der Waals surface area contributed by atoms with Crippen LogP contribution in [0, 0.1) is 11.6 Å². The molecule has 1 aromatic carbocycles. The summed E-state index contributed by atoms with van der Waals surface area (Å²) in [5.41, 5.74) is 0.112. The highest BCUT2D eigenvalue weighted by molar-refractivity contribution is 5.33. The number of ether oxygens (including phenoxy) is 1. The van der Waals surface area contributed by atoms with E-state index in [4.69, 9.17) is 4.74 Å². The summed E-state index contributed by atoms with van der Waals surface area (Å²) in [5.74, 6) is -0.903. The van der Waals surface area contributed by atoms with Crippen molar-refractivity contribution in [1.82, 2.24) is 10.2 Å². The standard InChI is InChI=1S/C12H16F2N2O/c1-16-4-3-15-7-11(16)12-9(13)5-8(17-2)6-10(12)14/h5-6,11,15H,3-4,7H2,1-2H3. The van der Waals surface area contributed by atoms with Crippen molar-refractivity contribution in [3.05, 3.63) is 29.3 Å². The zero-order chi connectivity index (χ0) is 12.4. The van der Waals surface area contributed by atoms with Crippen molar-refractivity contribution in [2.75, 3.05) is 33.8 Å². The summed E-state index contributed by atoms with van der Waals surface area (Å²) in [6.45, 7) is 2.17. The first-order valence-electron chi connectivity index (χ1n) is 5.57. The molecule has 2 rings (SSSR count). The quantitative estimate of drug-likeness (QED) is 0.851. The summed E-state index contributed by atoms with van der Waals surface area (Å²) >= 11 is 0. The fourth-order valence-electron chi connectivity index (χ4n) is 2.13. The van der Waals surface area contributed by atoms with Gasteiger partial charge in [0.05, 0.1) is 13.2 Å². The number of rotatable bonds is 2. The molecule has 1 N–H and O–H groups in total. The Labute approximate surface area is 99.4 Å². The third kappa shape index (κ3) is 2.40. The third-order valence-corrected chi connectivity index (χ3v) is 3.13. The van der Waals surface area contributed by atoms with E-state index < -0.39 is 11.6 Å². The number of hydrogen-bond acceptors (Lipinski definition) is 3. The van der Waals surface area contributed by atoms with Gasteiger partial charge in [0.25, 0.3) is 0 Å². The van der Waals surface area contributed by atoms with Crippen molar-refractivity contribution in [3.63, 3.8) is 0 Å². The van der Waals surface area contributed by atoms with Crippen molar-refractivity contribution in [1.29, 1.82) is 0 Å². The van der Waals surface area contributed by atoms with Crippen LogP contribution in [0.25, 0.3) is 0 Å². The summed E-state index contributed by atoms with van der Waals surface area (Å²) in [6.07, 6.45) is 0. The summed E-state index contributed by atoms with van der Waals surface area (Å²) in [4.78, 5) is 1.95. The summed E-state index contributed by atoms with van der Waals surface area (Å²) in [5, 5.41) is 3.14. The van der Waals surface area contributed by atoms with Gasteiger partial charge in [-0.25, -0.2) is 8.78 Å².